The average molecular weight is 347 g/mol. The smallest absolute Gasteiger partial charge is 0.326 e. The van der Waals surface area contributed by atoms with Gasteiger partial charge in [-0.3, -0.25) is 4.79 Å². The third-order valence-electron chi connectivity index (χ3n) is 4.63. The number of amides is 1. The molecule has 0 aromatic heterocycles. The van der Waals surface area contributed by atoms with Gasteiger partial charge in [-0.15, -0.1) is 0 Å². The Hall–Kier alpha value is -3.14. The molecule has 1 amide bonds. The molecule has 0 aliphatic carbocycles. The Bertz CT molecular complexity index is 978. The number of nitrogens with one attached hydrogen (secondary N) is 1. The largest absolute Gasteiger partial charge is 0.480 e. The second kappa shape index (κ2) is 7.40. The quantitative estimate of drug-likeness (QED) is 0.736. The lowest BCUT2D eigenvalue weighted by Crippen LogP contribution is -2.42. The number of aliphatic carboxylic acids is 1. The Kier molecular flexibility index (Phi) is 5.03. The first-order valence-corrected chi connectivity index (χ1v) is 8.52. The molecular formula is C22H21NO3. The van der Waals surface area contributed by atoms with Crippen molar-refractivity contribution < 1.29 is 14.7 Å². The molecule has 3 aromatic rings. The molecular weight excluding hydrogens is 326 g/mol. The van der Waals surface area contributed by atoms with Crippen LogP contribution >= 0.6 is 0 Å². The Balaban J connectivity index is 1.78. The number of carboxylic acid groups (broad SMARTS) is 1. The van der Waals surface area contributed by atoms with Gasteiger partial charge in [-0.05, 0) is 53.4 Å². The van der Waals surface area contributed by atoms with Crippen LogP contribution in [0.5, 0.6) is 0 Å². The third kappa shape index (κ3) is 3.91. The van der Waals surface area contributed by atoms with Crippen molar-refractivity contribution in [3.8, 4) is 0 Å². The molecule has 0 aliphatic heterocycles. The Morgan fingerprint density at radius 2 is 1.65 bits per heavy atom. The maximum Gasteiger partial charge on any atom is 0.326 e. The lowest BCUT2D eigenvalue weighted by atomic mass is 10.0. The molecule has 0 spiro atoms. The van der Waals surface area contributed by atoms with Crippen molar-refractivity contribution >= 4 is 22.6 Å². The molecule has 0 aliphatic rings. The minimum atomic E-state index is -1.04. The zero-order valence-electron chi connectivity index (χ0n) is 14.8. The van der Waals surface area contributed by atoms with Gasteiger partial charge in [0.2, 0.25) is 0 Å². The molecule has 0 saturated heterocycles. The lowest BCUT2D eigenvalue weighted by Gasteiger charge is -2.16. The molecule has 4 nitrogen and oxygen atoms in total. The summed E-state index contributed by atoms with van der Waals surface area (Å²) in [4.78, 5) is 24.2. The molecule has 3 aromatic carbocycles. The second-order valence-electron chi connectivity index (χ2n) is 6.55. The van der Waals surface area contributed by atoms with Crippen molar-refractivity contribution in [3.63, 3.8) is 0 Å². The van der Waals surface area contributed by atoms with Gasteiger partial charge in [0.1, 0.15) is 6.04 Å². The van der Waals surface area contributed by atoms with Crippen LogP contribution < -0.4 is 5.32 Å². The van der Waals surface area contributed by atoms with E-state index in [2.05, 4.69) is 5.32 Å². The molecule has 2 N–H and O–H groups in total. The highest BCUT2D eigenvalue weighted by molar-refractivity contribution is 6.00. The first-order chi connectivity index (χ1) is 12.4. The molecule has 0 saturated carbocycles. The summed E-state index contributed by atoms with van der Waals surface area (Å²) in [6.45, 7) is 4.00. The standard InChI is InChI=1S/C22H21NO3/c1-14-7-8-16(11-15(14)2)12-20(22(25)26)23-21(24)19-10-9-17-5-3-4-6-18(17)13-19/h3-11,13,20H,12H2,1-2H3,(H,23,24)(H,25,26)/t20-/m0/s1. The fourth-order valence-corrected chi connectivity index (χ4v) is 2.94. The van der Waals surface area contributed by atoms with E-state index < -0.39 is 12.0 Å². The molecule has 3 rings (SSSR count). The van der Waals surface area contributed by atoms with Crippen LogP contribution in [0.25, 0.3) is 10.8 Å². The Morgan fingerprint density at radius 3 is 2.35 bits per heavy atom. The number of carbonyl (C=O) groups excluding carboxylic acids is 1. The van der Waals surface area contributed by atoms with E-state index in [0.717, 1.165) is 27.5 Å². The predicted octanol–water partition coefficient (Wildman–Crippen LogP) is 3.88. The third-order valence-corrected chi connectivity index (χ3v) is 4.63. The van der Waals surface area contributed by atoms with E-state index in [9.17, 15) is 14.7 Å². The first kappa shape index (κ1) is 17.7. The van der Waals surface area contributed by atoms with E-state index in [-0.39, 0.29) is 12.3 Å². The van der Waals surface area contributed by atoms with Crippen molar-refractivity contribution in [3.05, 3.63) is 82.9 Å². The van der Waals surface area contributed by atoms with Gasteiger partial charge in [-0.25, -0.2) is 4.79 Å². The fraction of sp³-hybridized carbons (Fsp3) is 0.182. The van der Waals surface area contributed by atoms with Gasteiger partial charge < -0.3 is 10.4 Å². The topological polar surface area (TPSA) is 66.4 Å². The molecule has 0 bridgehead atoms. The van der Waals surface area contributed by atoms with Gasteiger partial charge in [0.15, 0.2) is 0 Å². The summed E-state index contributed by atoms with van der Waals surface area (Å²) in [5.41, 5.74) is 3.60. The van der Waals surface area contributed by atoms with Crippen LogP contribution in [-0.4, -0.2) is 23.0 Å². The summed E-state index contributed by atoms with van der Waals surface area (Å²) in [6, 6.07) is 18.0. The molecule has 0 heterocycles. The highest BCUT2D eigenvalue weighted by Crippen LogP contribution is 2.16. The number of rotatable bonds is 5. The highest BCUT2D eigenvalue weighted by Gasteiger charge is 2.21. The van der Waals surface area contributed by atoms with Gasteiger partial charge in [0, 0.05) is 12.0 Å². The van der Waals surface area contributed by atoms with Crippen LogP contribution in [0.15, 0.2) is 60.7 Å². The SMILES string of the molecule is Cc1ccc(C[C@H](NC(=O)c2ccc3ccccc3c2)C(=O)O)cc1C. The maximum absolute atomic E-state index is 12.5. The summed E-state index contributed by atoms with van der Waals surface area (Å²) >= 11 is 0. The van der Waals surface area contributed by atoms with Gasteiger partial charge in [0.25, 0.3) is 5.91 Å². The Morgan fingerprint density at radius 1 is 0.923 bits per heavy atom. The molecule has 0 fully saturated rings. The van der Waals surface area contributed by atoms with E-state index in [1.54, 1.807) is 12.1 Å². The molecule has 0 radical (unpaired) electrons. The number of hydrogen-bond acceptors (Lipinski definition) is 2. The van der Waals surface area contributed by atoms with E-state index in [4.69, 9.17) is 0 Å². The van der Waals surface area contributed by atoms with Crippen molar-refractivity contribution in [2.75, 3.05) is 0 Å². The summed E-state index contributed by atoms with van der Waals surface area (Å²) in [7, 11) is 0. The van der Waals surface area contributed by atoms with Crippen molar-refractivity contribution in [2.45, 2.75) is 26.3 Å². The van der Waals surface area contributed by atoms with Crippen molar-refractivity contribution in [2.24, 2.45) is 0 Å². The van der Waals surface area contributed by atoms with E-state index in [0.29, 0.717) is 5.56 Å². The van der Waals surface area contributed by atoms with E-state index >= 15 is 0 Å². The highest BCUT2D eigenvalue weighted by atomic mass is 16.4. The summed E-state index contributed by atoms with van der Waals surface area (Å²) in [5, 5.41) is 14.1. The second-order valence-corrected chi connectivity index (χ2v) is 6.55. The van der Waals surface area contributed by atoms with Crippen LogP contribution in [0.1, 0.15) is 27.0 Å². The number of benzene rings is 3. The van der Waals surface area contributed by atoms with Crippen LogP contribution in [0, 0.1) is 13.8 Å². The molecule has 26 heavy (non-hydrogen) atoms. The van der Waals surface area contributed by atoms with Crippen LogP contribution in [0.3, 0.4) is 0 Å². The Labute approximate surface area is 152 Å². The van der Waals surface area contributed by atoms with Crippen LogP contribution in [-0.2, 0) is 11.2 Å². The molecule has 4 heteroatoms. The molecule has 132 valence electrons. The summed E-state index contributed by atoms with van der Waals surface area (Å²) in [5.74, 6) is -1.43. The van der Waals surface area contributed by atoms with Gasteiger partial charge in [-0.2, -0.15) is 0 Å². The number of hydrogen-bond donors (Lipinski definition) is 2. The van der Waals surface area contributed by atoms with E-state index in [1.165, 1.54) is 0 Å². The number of carbonyl (C=O) groups is 2. The predicted molar refractivity (Wildman–Crippen MR) is 102 cm³/mol. The van der Waals surface area contributed by atoms with Crippen molar-refractivity contribution in [1.82, 2.24) is 5.32 Å². The lowest BCUT2D eigenvalue weighted by molar-refractivity contribution is -0.139. The minimum absolute atomic E-state index is 0.246. The zero-order chi connectivity index (χ0) is 18.7. The molecule has 0 unspecified atom stereocenters. The number of aryl methyl sites for hydroxylation is 2. The van der Waals surface area contributed by atoms with Gasteiger partial charge in [-0.1, -0.05) is 48.5 Å². The minimum Gasteiger partial charge on any atom is -0.480 e. The fourth-order valence-electron chi connectivity index (χ4n) is 2.94. The van der Waals surface area contributed by atoms with Crippen LogP contribution in [0.4, 0.5) is 0 Å². The van der Waals surface area contributed by atoms with E-state index in [1.807, 2.05) is 62.4 Å². The summed E-state index contributed by atoms with van der Waals surface area (Å²) in [6.07, 6.45) is 0.246. The monoisotopic (exact) mass is 347 g/mol. The van der Waals surface area contributed by atoms with Crippen LogP contribution in [0.2, 0.25) is 0 Å². The maximum atomic E-state index is 12.5. The van der Waals surface area contributed by atoms with Crippen molar-refractivity contribution in [1.29, 1.82) is 0 Å². The first-order valence-electron chi connectivity index (χ1n) is 8.52. The number of fused-ring (bicyclic) bond motifs is 1. The average Bonchev–Trinajstić information content (AvgIpc) is 2.63. The normalized spacial score (nSPS) is 11.9. The number of carboxylic acids is 1. The zero-order valence-corrected chi connectivity index (χ0v) is 14.8. The van der Waals surface area contributed by atoms with Gasteiger partial charge >= 0.3 is 5.97 Å². The molecule has 1 atom stereocenters. The summed E-state index contributed by atoms with van der Waals surface area (Å²) < 4.78 is 0. The van der Waals surface area contributed by atoms with Gasteiger partial charge in [0.05, 0.1) is 0 Å².